The first-order chi connectivity index (χ1) is 5.25. The second kappa shape index (κ2) is 3.57. The van der Waals surface area contributed by atoms with Crippen molar-refractivity contribution >= 4 is 22.2 Å². The minimum absolute atomic E-state index is 0.337. The maximum Gasteiger partial charge on any atom is 0.139 e. The highest BCUT2D eigenvalue weighted by atomic mass is 79.9. The zero-order valence-electron chi connectivity index (χ0n) is 5.99. The molecule has 1 aromatic rings. The van der Waals surface area contributed by atoms with Gasteiger partial charge in [0.2, 0.25) is 0 Å². The third-order valence-corrected chi connectivity index (χ3v) is 1.95. The van der Waals surface area contributed by atoms with Crippen LogP contribution in [0.1, 0.15) is 16.2 Å². The van der Waals surface area contributed by atoms with Crippen LogP contribution in [0.5, 0.6) is 0 Å². The molecule has 11 heavy (non-hydrogen) atoms. The number of aromatic nitrogens is 2. The van der Waals surface area contributed by atoms with E-state index < -0.39 is 0 Å². The van der Waals surface area contributed by atoms with E-state index in [-0.39, 0.29) is 4.83 Å². The first-order valence-corrected chi connectivity index (χ1v) is 4.04. The number of hydrogen-bond acceptors (Lipinski definition) is 3. The molecular formula is C7H7BrN2O. The number of rotatable bonds is 2. The molecule has 0 aliphatic carbocycles. The van der Waals surface area contributed by atoms with Crippen molar-refractivity contribution in [2.24, 2.45) is 0 Å². The lowest BCUT2D eigenvalue weighted by molar-refractivity contribution is -0.107. The van der Waals surface area contributed by atoms with Crippen LogP contribution in [0, 0.1) is 6.92 Å². The van der Waals surface area contributed by atoms with Crippen LogP contribution in [0.3, 0.4) is 0 Å². The molecule has 1 rings (SSSR count). The highest BCUT2D eigenvalue weighted by Gasteiger charge is 2.09. The molecule has 4 heteroatoms. The van der Waals surface area contributed by atoms with Crippen molar-refractivity contribution in [1.82, 2.24) is 9.97 Å². The molecule has 0 amide bonds. The van der Waals surface area contributed by atoms with E-state index in [0.717, 1.165) is 12.0 Å². The molecule has 0 saturated carbocycles. The number of halogens is 1. The van der Waals surface area contributed by atoms with Crippen LogP contribution in [0.15, 0.2) is 12.4 Å². The maximum atomic E-state index is 10.3. The quantitative estimate of drug-likeness (QED) is 0.553. The second-order valence-corrected chi connectivity index (χ2v) is 3.05. The lowest BCUT2D eigenvalue weighted by Crippen LogP contribution is -1.99. The predicted molar refractivity (Wildman–Crippen MR) is 44.5 cm³/mol. The summed E-state index contributed by atoms with van der Waals surface area (Å²) in [5.41, 5.74) is 1.46. The number of carbonyl (C=O) groups excluding carboxylic acids is 1. The van der Waals surface area contributed by atoms with E-state index in [1.807, 2.05) is 6.92 Å². The van der Waals surface area contributed by atoms with Gasteiger partial charge in [-0.3, -0.25) is 9.97 Å². The van der Waals surface area contributed by atoms with E-state index in [1.165, 1.54) is 0 Å². The van der Waals surface area contributed by atoms with Gasteiger partial charge >= 0.3 is 0 Å². The molecule has 0 N–H and O–H groups in total. The molecule has 0 aliphatic heterocycles. The van der Waals surface area contributed by atoms with Gasteiger partial charge in [-0.1, -0.05) is 15.9 Å². The Kier molecular flexibility index (Phi) is 2.70. The summed E-state index contributed by atoms with van der Waals surface area (Å²) < 4.78 is 0. The summed E-state index contributed by atoms with van der Waals surface area (Å²) in [5.74, 6) is 0. The van der Waals surface area contributed by atoms with Crippen LogP contribution in [0.2, 0.25) is 0 Å². The van der Waals surface area contributed by atoms with Gasteiger partial charge in [-0.2, -0.15) is 0 Å². The van der Waals surface area contributed by atoms with Crippen LogP contribution in [0.4, 0.5) is 0 Å². The first kappa shape index (κ1) is 8.33. The molecule has 0 spiro atoms. The van der Waals surface area contributed by atoms with Crippen LogP contribution < -0.4 is 0 Å². The minimum Gasteiger partial charge on any atom is -0.302 e. The van der Waals surface area contributed by atoms with Gasteiger partial charge in [0.05, 0.1) is 11.4 Å². The second-order valence-electron chi connectivity index (χ2n) is 2.06. The van der Waals surface area contributed by atoms with Crippen molar-refractivity contribution < 1.29 is 4.79 Å². The van der Waals surface area contributed by atoms with Gasteiger partial charge in [0, 0.05) is 12.4 Å². The van der Waals surface area contributed by atoms with E-state index in [4.69, 9.17) is 0 Å². The molecule has 1 unspecified atom stereocenters. The lowest BCUT2D eigenvalue weighted by atomic mass is 10.2. The summed E-state index contributed by atoms with van der Waals surface area (Å²) in [6.45, 7) is 1.82. The number of nitrogens with zero attached hydrogens (tertiary/aromatic N) is 2. The van der Waals surface area contributed by atoms with Gasteiger partial charge in [-0.05, 0) is 6.92 Å². The largest absolute Gasteiger partial charge is 0.302 e. The van der Waals surface area contributed by atoms with Crippen molar-refractivity contribution in [2.45, 2.75) is 11.8 Å². The number of aldehydes is 1. The smallest absolute Gasteiger partial charge is 0.139 e. The Balaban J connectivity index is 3.02. The number of alkyl halides is 1. The van der Waals surface area contributed by atoms with Gasteiger partial charge in [-0.15, -0.1) is 0 Å². The number of hydrogen-bond donors (Lipinski definition) is 0. The van der Waals surface area contributed by atoms with E-state index in [0.29, 0.717) is 5.69 Å². The first-order valence-electron chi connectivity index (χ1n) is 3.12. The van der Waals surface area contributed by atoms with Crippen molar-refractivity contribution in [3.8, 4) is 0 Å². The molecule has 0 bridgehead atoms. The molecular weight excluding hydrogens is 208 g/mol. The molecule has 0 saturated heterocycles. The standard InChI is InChI=1S/C7H7BrN2O/c1-5-7(6(8)4-11)10-3-2-9-5/h2-4,6H,1H3. The summed E-state index contributed by atoms with van der Waals surface area (Å²) >= 11 is 3.17. The average Bonchev–Trinajstić information content (AvgIpc) is 2.04. The predicted octanol–water partition coefficient (Wildman–Crippen LogP) is 1.42. The molecule has 0 fully saturated rings. The fourth-order valence-corrected chi connectivity index (χ4v) is 1.20. The Morgan fingerprint density at radius 3 is 2.73 bits per heavy atom. The molecule has 58 valence electrons. The molecule has 0 aliphatic rings. The van der Waals surface area contributed by atoms with E-state index in [1.54, 1.807) is 12.4 Å². The van der Waals surface area contributed by atoms with Crippen molar-refractivity contribution in [2.75, 3.05) is 0 Å². The monoisotopic (exact) mass is 214 g/mol. The summed E-state index contributed by atoms with van der Waals surface area (Å²) in [7, 11) is 0. The minimum atomic E-state index is -0.337. The Bertz CT molecular complexity index is 264. The van der Waals surface area contributed by atoms with Crippen molar-refractivity contribution in [3.05, 3.63) is 23.8 Å². The summed E-state index contributed by atoms with van der Waals surface area (Å²) in [5, 5.41) is 0. The third-order valence-electron chi connectivity index (χ3n) is 1.30. The third kappa shape index (κ3) is 1.83. The van der Waals surface area contributed by atoms with E-state index in [2.05, 4.69) is 25.9 Å². The van der Waals surface area contributed by atoms with Gasteiger partial charge in [0.15, 0.2) is 0 Å². The van der Waals surface area contributed by atoms with Crippen molar-refractivity contribution in [1.29, 1.82) is 0 Å². The Morgan fingerprint density at radius 1 is 1.55 bits per heavy atom. The molecule has 0 radical (unpaired) electrons. The molecule has 3 nitrogen and oxygen atoms in total. The average molecular weight is 215 g/mol. The van der Waals surface area contributed by atoms with Crippen molar-refractivity contribution in [3.63, 3.8) is 0 Å². The van der Waals surface area contributed by atoms with E-state index in [9.17, 15) is 4.79 Å². The molecule has 1 aromatic heterocycles. The topological polar surface area (TPSA) is 42.9 Å². The highest BCUT2D eigenvalue weighted by molar-refractivity contribution is 9.09. The van der Waals surface area contributed by atoms with Gasteiger partial charge in [0.25, 0.3) is 0 Å². The summed E-state index contributed by atoms with van der Waals surface area (Å²) in [6.07, 6.45) is 3.96. The van der Waals surface area contributed by atoms with E-state index >= 15 is 0 Å². The Labute approximate surface area is 73.0 Å². The molecule has 0 aromatic carbocycles. The SMILES string of the molecule is Cc1nccnc1C(Br)C=O. The van der Waals surface area contributed by atoms with Gasteiger partial charge in [0.1, 0.15) is 11.1 Å². The van der Waals surface area contributed by atoms with Crippen LogP contribution in [-0.4, -0.2) is 16.3 Å². The van der Waals surface area contributed by atoms with Gasteiger partial charge in [-0.25, -0.2) is 0 Å². The normalized spacial score (nSPS) is 12.5. The zero-order valence-corrected chi connectivity index (χ0v) is 7.58. The number of carbonyl (C=O) groups is 1. The fraction of sp³-hybridized carbons (Fsp3) is 0.286. The Hall–Kier alpha value is -0.770. The molecule has 1 heterocycles. The van der Waals surface area contributed by atoms with Crippen LogP contribution in [0.25, 0.3) is 0 Å². The summed E-state index contributed by atoms with van der Waals surface area (Å²) in [6, 6.07) is 0. The fourth-order valence-electron chi connectivity index (χ4n) is 0.754. The van der Waals surface area contributed by atoms with Crippen LogP contribution >= 0.6 is 15.9 Å². The highest BCUT2D eigenvalue weighted by Crippen LogP contribution is 2.18. The van der Waals surface area contributed by atoms with Gasteiger partial charge < -0.3 is 4.79 Å². The lowest BCUT2D eigenvalue weighted by Gasteiger charge is -2.02. The summed E-state index contributed by atoms with van der Waals surface area (Å²) in [4.78, 5) is 18.0. The number of aryl methyl sites for hydroxylation is 1. The Morgan fingerprint density at radius 2 is 2.18 bits per heavy atom. The zero-order chi connectivity index (χ0) is 8.27. The van der Waals surface area contributed by atoms with Crippen LogP contribution in [-0.2, 0) is 4.79 Å². The maximum absolute atomic E-state index is 10.3. The molecule has 1 atom stereocenters.